The van der Waals surface area contributed by atoms with Gasteiger partial charge < -0.3 is 13.9 Å². The molecule has 0 amide bonds. The molecule has 0 aliphatic rings. The third-order valence-corrected chi connectivity index (χ3v) is 12.4. The Bertz CT molecular complexity index is 3600. The molecule has 296 valence electrons. The van der Waals surface area contributed by atoms with E-state index in [1.807, 2.05) is 6.07 Å². The molecule has 0 aliphatic heterocycles. The van der Waals surface area contributed by atoms with Gasteiger partial charge in [0.05, 0.1) is 22.4 Å². The largest absolute Gasteiger partial charge is 0.454 e. The minimum absolute atomic E-state index is 0.843. The van der Waals surface area contributed by atoms with Crippen LogP contribution in [0.5, 0.6) is 0 Å². The Labute approximate surface area is 366 Å². The first-order valence-electron chi connectivity index (χ1n) is 21.5. The first-order valence-corrected chi connectivity index (χ1v) is 21.5. The summed E-state index contributed by atoms with van der Waals surface area (Å²) in [5, 5.41) is 4.65. The van der Waals surface area contributed by atoms with Gasteiger partial charge >= 0.3 is 0 Å². The highest BCUT2D eigenvalue weighted by molar-refractivity contribution is 6.12. The van der Waals surface area contributed by atoms with E-state index in [0.717, 1.165) is 72.5 Å². The third-order valence-electron chi connectivity index (χ3n) is 12.4. The Hall–Kier alpha value is -8.40. The van der Waals surface area contributed by atoms with Gasteiger partial charge in [0.2, 0.25) is 0 Å². The zero-order valence-corrected chi connectivity index (χ0v) is 34.4. The lowest BCUT2D eigenvalue weighted by molar-refractivity contribution is 0.669. The van der Waals surface area contributed by atoms with Crippen molar-refractivity contribution in [2.45, 2.75) is 0 Å². The molecule has 12 rings (SSSR count). The monoisotopic (exact) mass is 804 g/mol. The van der Waals surface area contributed by atoms with Gasteiger partial charge in [-0.2, -0.15) is 0 Å². The van der Waals surface area contributed by atoms with E-state index in [0.29, 0.717) is 0 Å². The number of aromatic nitrogens is 1. The Morgan fingerprint density at radius 2 is 0.889 bits per heavy atom. The Kier molecular flexibility index (Phi) is 8.83. The summed E-state index contributed by atoms with van der Waals surface area (Å²) in [6, 6.07) is 87.1. The Morgan fingerprint density at radius 3 is 1.67 bits per heavy atom. The minimum Gasteiger partial charge on any atom is -0.454 e. The lowest BCUT2D eigenvalue weighted by Gasteiger charge is -2.30. The molecule has 0 unspecified atom stereocenters. The van der Waals surface area contributed by atoms with E-state index in [-0.39, 0.29) is 0 Å². The maximum absolute atomic E-state index is 6.82. The smallest absolute Gasteiger partial charge is 0.159 e. The maximum Gasteiger partial charge on any atom is 0.159 e. The van der Waals surface area contributed by atoms with Crippen LogP contribution < -0.4 is 4.90 Å². The molecule has 0 N–H and O–H groups in total. The van der Waals surface area contributed by atoms with Crippen LogP contribution in [0.3, 0.4) is 0 Å². The molecule has 0 saturated heterocycles. The average molecular weight is 805 g/mol. The number of nitrogens with zero attached hydrogens (tertiary/aromatic N) is 2. The second-order valence-corrected chi connectivity index (χ2v) is 16.0. The van der Waals surface area contributed by atoms with Crippen LogP contribution in [0.25, 0.3) is 93.9 Å². The maximum atomic E-state index is 6.82. The molecule has 0 radical (unpaired) electrons. The van der Waals surface area contributed by atoms with Crippen LogP contribution in [-0.4, -0.2) is 4.57 Å². The van der Waals surface area contributed by atoms with Crippen LogP contribution in [-0.2, 0) is 0 Å². The molecule has 2 heterocycles. The summed E-state index contributed by atoms with van der Waals surface area (Å²) < 4.78 is 9.19. The normalized spacial score (nSPS) is 11.5. The fourth-order valence-corrected chi connectivity index (χ4v) is 9.57. The number of para-hydroxylation sites is 4. The predicted molar refractivity (Wildman–Crippen MR) is 264 cm³/mol. The second kappa shape index (κ2) is 15.3. The van der Waals surface area contributed by atoms with E-state index in [9.17, 15) is 0 Å². The predicted octanol–water partition coefficient (Wildman–Crippen LogP) is 16.8. The van der Waals surface area contributed by atoms with Crippen molar-refractivity contribution >= 4 is 60.8 Å². The molecular formula is C60H40N2O. The topological polar surface area (TPSA) is 21.3 Å². The molecule has 0 fully saturated rings. The van der Waals surface area contributed by atoms with E-state index < -0.39 is 0 Å². The number of hydrogen-bond acceptors (Lipinski definition) is 2. The van der Waals surface area contributed by atoms with Gasteiger partial charge in [-0.05, 0) is 99.6 Å². The van der Waals surface area contributed by atoms with Gasteiger partial charge in [-0.1, -0.05) is 182 Å². The first kappa shape index (κ1) is 36.5. The standard InChI is InChI=1S/C60H40N2O/c1-4-18-42(19-5-1)47-24-10-11-27-51(47)59-48(43-20-6-2-7-21-43)28-16-31-56(59)62(57-32-17-29-52-50-26-13-15-33-58(50)63-60(52)57)46-37-34-41(35-38-46)44-36-39-55-53(40-44)49-25-12-14-30-54(49)61(55)45-22-8-3-9-23-45/h1-40H. The summed E-state index contributed by atoms with van der Waals surface area (Å²) in [5.41, 5.74) is 17.5. The molecule has 10 aromatic carbocycles. The van der Waals surface area contributed by atoms with E-state index in [1.54, 1.807) is 0 Å². The van der Waals surface area contributed by atoms with Crippen molar-refractivity contribution in [3.8, 4) is 50.2 Å². The number of hydrogen-bond donors (Lipinski definition) is 0. The quantitative estimate of drug-likeness (QED) is 0.153. The van der Waals surface area contributed by atoms with Gasteiger partial charge in [0.1, 0.15) is 5.58 Å². The van der Waals surface area contributed by atoms with Crippen LogP contribution in [0.15, 0.2) is 247 Å². The van der Waals surface area contributed by atoms with Crippen molar-refractivity contribution in [1.29, 1.82) is 0 Å². The molecule has 3 heteroatoms. The van der Waals surface area contributed by atoms with Gasteiger partial charge in [0.15, 0.2) is 5.58 Å². The van der Waals surface area contributed by atoms with Crippen LogP contribution in [0.4, 0.5) is 17.1 Å². The van der Waals surface area contributed by atoms with Crippen molar-refractivity contribution in [2.24, 2.45) is 0 Å². The summed E-state index contributed by atoms with van der Waals surface area (Å²) in [6.45, 7) is 0. The lowest BCUT2D eigenvalue weighted by atomic mass is 9.87. The van der Waals surface area contributed by atoms with Crippen LogP contribution in [0.1, 0.15) is 0 Å². The Balaban J connectivity index is 1.08. The molecule has 0 saturated carbocycles. The van der Waals surface area contributed by atoms with Gasteiger partial charge in [-0.25, -0.2) is 0 Å². The van der Waals surface area contributed by atoms with Crippen LogP contribution in [0, 0.1) is 0 Å². The van der Waals surface area contributed by atoms with Crippen molar-refractivity contribution in [3.05, 3.63) is 243 Å². The average Bonchev–Trinajstić information content (AvgIpc) is 3.91. The van der Waals surface area contributed by atoms with Crippen molar-refractivity contribution in [3.63, 3.8) is 0 Å². The number of rotatable bonds is 8. The van der Waals surface area contributed by atoms with E-state index in [2.05, 4.69) is 246 Å². The van der Waals surface area contributed by atoms with E-state index in [1.165, 1.54) is 38.5 Å². The molecular weight excluding hydrogens is 765 g/mol. The summed E-state index contributed by atoms with van der Waals surface area (Å²) in [5.74, 6) is 0. The van der Waals surface area contributed by atoms with Gasteiger partial charge in [0, 0.05) is 38.5 Å². The molecule has 0 atom stereocenters. The third kappa shape index (κ3) is 6.21. The molecule has 0 bridgehead atoms. The molecule has 3 nitrogen and oxygen atoms in total. The highest BCUT2D eigenvalue weighted by atomic mass is 16.3. The van der Waals surface area contributed by atoms with E-state index in [4.69, 9.17) is 4.42 Å². The Morgan fingerprint density at radius 1 is 0.333 bits per heavy atom. The van der Waals surface area contributed by atoms with Crippen LogP contribution >= 0.6 is 0 Å². The molecule has 12 aromatic rings. The molecule has 0 spiro atoms. The number of anilines is 3. The number of furan rings is 1. The van der Waals surface area contributed by atoms with Gasteiger partial charge in [-0.15, -0.1) is 0 Å². The number of fused-ring (bicyclic) bond motifs is 6. The second-order valence-electron chi connectivity index (χ2n) is 16.0. The van der Waals surface area contributed by atoms with Crippen molar-refractivity contribution in [1.82, 2.24) is 4.57 Å². The van der Waals surface area contributed by atoms with Crippen molar-refractivity contribution < 1.29 is 4.42 Å². The zero-order valence-electron chi connectivity index (χ0n) is 34.4. The molecule has 0 aliphatic carbocycles. The van der Waals surface area contributed by atoms with Crippen molar-refractivity contribution in [2.75, 3.05) is 4.90 Å². The van der Waals surface area contributed by atoms with Gasteiger partial charge in [-0.3, -0.25) is 0 Å². The molecule has 2 aromatic heterocycles. The summed E-state index contributed by atoms with van der Waals surface area (Å²) in [4.78, 5) is 2.40. The van der Waals surface area contributed by atoms with Gasteiger partial charge in [0.25, 0.3) is 0 Å². The summed E-state index contributed by atoms with van der Waals surface area (Å²) >= 11 is 0. The molecule has 63 heavy (non-hydrogen) atoms. The fraction of sp³-hybridized carbons (Fsp3) is 0. The highest BCUT2D eigenvalue weighted by Crippen LogP contribution is 2.50. The number of benzene rings is 10. The summed E-state index contributed by atoms with van der Waals surface area (Å²) in [6.07, 6.45) is 0. The first-order chi connectivity index (χ1) is 31.3. The zero-order chi connectivity index (χ0) is 41.7. The van der Waals surface area contributed by atoms with E-state index >= 15 is 0 Å². The van der Waals surface area contributed by atoms with Crippen LogP contribution in [0.2, 0.25) is 0 Å². The summed E-state index contributed by atoms with van der Waals surface area (Å²) in [7, 11) is 0. The minimum atomic E-state index is 0.843. The fourth-order valence-electron chi connectivity index (χ4n) is 9.57. The lowest BCUT2D eigenvalue weighted by Crippen LogP contribution is -2.12. The SMILES string of the molecule is c1ccc(-c2ccccc2-c2c(-c3ccccc3)cccc2N(c2ccc(-c3ccc4c(c3)c3ccccc3n4-c3ccccc3)cc2)c2cccc3c2oc2ccccc23)cc1. The highest BCUT2D eigenvalue weighted by Gasteiger charge is 2.25.